The first-order valence-electron chi connectivity index (χ1n) is 5.78. The van der Waals surface area contributed by atoms with Gasteiger partial charge in [0, 0.05) is 11.0 Å². The number of halogens is 1. The molecule has 2 N–H and O–H groups in total. The molecule has 0 amide bonds. The maximum Gasteiger partial charge on any atom is 0.161 e. The Morgan fingerprint density at radius 1 is 1.50 bits per heavy atom. The van der Waals surface area contributed by atoms with Crippen LogP contribution in [0.3, 0.4) is 0 Å². The van der Waals surface area contributed by atoms with Crippen molar-refractivity contribution in [2.45, 2.75) is 19.5 Å². The molecular formula is C13H16BrN3O. The van der Waals surface area contributed by atoms with Crippen molar-refractivity contribution in [1.29, 1.82) is 0 Å². The van der Waals surface area contributed by atoms with Gasteiger partial charge in [-0.1, -0.05) is 28.1 Å². The number of methoxy groups -OCH3 is 1. The minimum absolute atomic E-state index is 0.250. The molecule has 1 aromatic heterocycles. The van der Waals surface area contributed by atoms with E-state index in [1.807, 2.05) is 35.9 Å². The summed E-state index contributed by atoms with van der Waals surface area (Å²) in [5, 5.41) is 4.27. The fourth-order valence-corrected chi connectivity index (χ4v) is 2.38. The highest BCUT2D eigenvalue weighted by molar-refractivity contribution is 9.10. The lowest BCUT2D eigenvalue weighted by atomic mass is 10.0. The van der Waals surface area contributed by atoms with E-state index in [9.17, 15) is 0 Å². The average molecular weight is 310 g/mol. The van der Waals surface area contributed by atoms with Crippen LogP contribution < -0.4 is 10.5 Å². The van der Waals surface area contributed by atoms with Gasteiger partial charge in [0.15, 0.2) is 5.75 Å². The zero-order chi connectivity index (χ0) is 13.1. The van der Waals surface area contributed by atoms with Crippen LogP contribution in [0, 0.1) is 0 Å². The number of aryl methyl sites for hydroxylation is 1. The van der Waals surface area contributed by atoms with E-state index < -0.39 is 0 Å². The predicted molar refractivity (Wildman–Crippen MR) is 74.6 cm³/mol. The van der Waals surface area contributed by atoms with Gasteiger partial charge < -0.3 is 10.5 Å². The first kappa shape index (κ1) is 13.1. The van der Waals surface area contributed by atoms with Crippen LogP contribution in [0.4, 0.5) is 0 Å². The van der Waals surface area contributed by atoms with Crippen molar-refractivity contribution in [1.82, 2.24) is 9.78 Å². The zero-order valence-corrected chi connectivity index (χ0v) is 12.0. The molecule has 0 fully saturated rings. The summed E-state index contributed by atoms with van der Waals surface area (Å²) in [6.45, 7) is 2.80. The third kappa shape index (κ3) is 2.42. The summed E-state index contributed by atoms with van der Waals surface area (Å²) in [6, 6.07) is 7.71. The minimum Gasteiger partial charge on any atom is -0.493 e. The number of hydrogen-bond acceptors (Lipinski definition) is 3. The molecule has 1 aromatic carbocycles. The number of nitrogens with two attached hydrogens (primary N) is 1. The summed E-state index contributed by atoms with van der Waals surface area (Å²) in [5.74, 6) is 0.726. The maximum atomic E-state index is 6.32. The van der Waals surface area contributed by atoms with Crippen LogP contribution >= 0.6 is 15.9 Å². The molecule has 1 heterocycles. The molecule has 0 bridgehead atoms. The molecule has 0 aliphatic rings. The van der Waals surface area contributed by atoms with Crippen LogP contribution in [-0.2, 0) is 6.54 Å². The number of ether oxygens (including phenoxy) is 1. The first-order chi connectivity index (χ1) is 8.67. The summed E-state index contributed by atoms with van der Waals surface area (Å²) in [7, 11) is 1.63. The predicted octanol–water partition coefficient (Wildman–Crippen LogP) is 2.72. The van der Waals surface area contributed by atoms with Crippen molar-refractivity contribution in [2.75, 3.05) is 7.11 Å². The van der Waals surface area contributed by atoms with Gasteiger partial charge in [0.05, 0.1) is 19.3 Å². The van der Waals surface area contributed by atoms with Crippen molar-refractivity contribution >= 4 is 15.9 Å². The summed E-state index contributed by atoms with van der Waals surface area (Å²) in [5.41, 5.74) is 8.25. The van der Waals surface area contributed by atoms with Crippen molar-refractivity contribution < 1.29 is 4.74 Å². The van der Waals surface area contributed by atoms with E-state index >= 15 is 0 Å². The van der Waals surface area contributed by atoms with Crippen molar-refractivity contribution in [3.8, 4) is 5.75 Å². The Bertz CT molecular complexity index is 517. The molecule has 2 rings (SSSR count). The lowest BCUT2D eigenvalue weighted by Gasteiger charge is -2.15. The van der Waals surface area contributed by atoms with Gasteiger partial charge in [0.25, 0.3) is 0 Å². The Hall–Kier alpha value is -1.33. The second kappa shape index (κ2) is 5.54. The number of aromatic nitrogens is 2. The van der Waals surface area contributed by atoms with E-state index in [1.165, 1.54) is 0 Å². The molecule has 0 saturated carbocycles. The largest absolute Gasteiger partial charge is 0.493 e. The Balaban J connectivity index is 2.44. The Kier molecular flexibility index (Phi) is 4.04. The Morgan fingerprint density at radius 3 is 2.89 bits per heavy atom. The third-order valence-corrected chi connectivity index (χ3v) is 3.36. The highest BCUT2D eigenvalue weighted by Crippen LogP contribution is 2.29. The van der Waals surface area contributed by atoms with Crippen LogP contribution in [0.25, 0.3) is 0 Å². The van der Waals surface area contributed by atoms with Crippen LogP contribution in [0.1, 0.15) is 24.2 Å². The number of benzene rings is 1. The molecule has 1 unspecified atom stereocenters. The molecule has 96 valence electrons. The molecule has 1 atom stereocenters. The quantitative estimate of drug-likeness (QED) is 0.944. The highest BCUT2D eigenvalue weighted by atomic mass is 79.9. The standard InChI is InChI=1S/C13H16BrN3O/c1-3-17-13(11(18-2)8-16-17)12(15)9-5-4-6-10(14)7-9/h4-8,12H,3,15H2,1-2H3. The monoisotopic (exact) mass is 309 g/mol. The third-order valence-electron chi connectivity index (χ3n) is 2.87. The number of rotatable bonds is 4. The second-order valence-corrected chi connectivity index (χ2v) is 4.86. The van der Waals surface area contributed by atoms with Gasteiger partial charge in [0.2, 0.25) is 0 Å². The molecule has 0 radical (unpaired) electrons. The van der Waals surface area contributed by atoms with Gasteiger partial charge in [-0.2, -0.15) is 5.10 Å². The van der Waals surface area contributed by atoms with E-state index in [2.05, 4.69) is 21.0 Å². The van der Waals surface area contributed by atoms with Gasteiger partial charge in [-0.3, -0.25) is 4.68 Å². The van der Waals surface area contributed by atoms with Crippen molar-refractivity contribution in [3.05, 3.63) is 46.2 Å². The van der Waals surface area contributed by atoms with E-state index in [-0.39, 0.29) is 6.04 Å². The normalized spacial score (nSPS) is 12.4. The van der Waals surface area contributed by atoms with Gasteiger partial charge in [0.1, 0.15) is 5.69 Å². The summed E-state index contributed by atoms with van der Waals surface area (Å²) >= 11 is 3.46. The fourth-order valence-electron chi connectivity index (χ4n) is 1.96. The molecule has 0 saturated heterocycles. The van der Waals surface area contributed by atoms with Crippen LogP contribution in [0.2, 0.25) is 0 Å². The van der Waals surface area contributed by atoms with Gasteiger partial charge in [-0.25, -0.2) is 0 Å². The van der Waals surface area contributed by atoms with Gasteiger partial charge in [-0.15, -0.1) is 0 Å². The SMILES string of the molecule is CCn1ncc(OC)c1C(N)c1cccc(Br)c1. The van der Waals surface area contributed by atoms with Gasteiger partial charge >= 0.3 is 0 Å². The Morgan fingerprint density at radius 2 is 2.28 bits per heavy atom. The maximum absolute atomic E-state index is 6.32. The Labute approximate surface area is 115 Å². The second-order valence-electron chi connectivity index (χ2n) is 3.95. The van der Waals surface area contributed by atoms with E-state index in [0.29, 0.717) is 0 Å². The molecular weight excluding hydrogens is 294 g/mol. The lowest BCUT2D eigenvalue weighted by molar-refractivity contribution is 0.404. The minimum atomic E-state index is -0.250. The van der Waals surface area contributed by atoms with Crippen LogP contribution in [-0.4, -0.2) is 16.9 Å². The molecule has 0 spiro atoms. The summed E-state index contributed by atoms with van der Waals surface area (Å²) < 4.78 is 8.20. The molecule has 0 aliphatic carbocycles. The molecule has 4 nitrogen and oxygen atoms in total. The van der Waals surface area contributed by atoms with Crippen molar-refractivity contribution in [2.24, 2.45) is 5.73 Å². The van der Waals surface area contributed by atoms with E-state index in [0.717, 1.165) is 28.0 Å². The van der Waals surface area contributed by atoms with E-state index in [1.54, 1.807) is 13.3 Å². The first-order valence-corrected chi connectivity index (χ1v) is 6.57. The zero-order valence-electron chi connectivity index (χ0n) is 10.4. The molecule has 5 heteroatoms. The molecule has 18 heavy (non-hydrogen) atoms. The average Bonchev–Trinajstić information content (AvgIpc) is 2.80. The highest BCUT2D eigenvalue weighted by Gasteiger charge is 2.19. The van der Waals surface area contributed by atoms with Crippen LogP contribution in [0.15, 0.2) is 34.9 Å². The topological polar surface area (TPSA) is 53.1 Å². The smallest absolute Gasteiger partial charge is 0.161 e. The number of nitrogens with zero attached hydrogens (tertiary/aromatic N) is 2. The lowest BCUT2D eigenvalue weighted by Crippen LogP contribution is -2.18. The molecule has 0 aliphatic heterocycles. The fraction of sp³-hybridized carbons (Fsp3) is 0.308. The van der Waals surface area contributed by atoms with Crippen molar-refractivity contribution in [3.63, 3.8) is 0 Å². The van der Waals surface area contributed by atoms with Gasteiger partial charge in [-0.05, 0) is 24.6 Å². The van der Waals surface area contributed by atoms with Crippen LogP contribution in [0.5, 0.6) is 5.75 Å². The number of hydrogen-bond donors (Lipinski definition) is 1. The molecule has 2 aromatic rings. The summed E-state index contributed by atoms with van der Waals surface area (Å²) in [4.78, 5) is 0. The summed E-state index contributed by atoms with van der Waals surface area (Å²) in [6.07, 6.45) is 1.71. The van der Waals surface area contributed by atoms with E-state index in [4.69, 9.17) is 10.5 Å².